The van der Waals surface area contributed by atoms with Gasteiger partial charge >= 0.3 is 5.97 Å². The number of fused-ring (bicyclic) bond motifs is 1. The molecule has 8 nitrogen and oxygen atoms in total. The van der Waals surface area contributed by atoms with E-state index in [9.17, 15) is 9.59 Å². The van der Waals surface area contributed by atoms with Crippen LogP contribution in [0.5, 0.6) is 5.75 Å². The fourth-order valence-corrected chi connectivity index (χ4v) is 4.89. The third kappa shape index (κ3) is 6.21. The maximum atomic E-state index is 13.6. The first-order valence-corrected chi connectivity index (χ1v) is 13.5. The molecule has 0 amide bonds. The number of hydrogen-bond acceptors (Lipinski definition) is 7. The van der Waals surface area contributed by atoms with Gasteiger partial charge in [0.05, 0.1) is 23.7 Å². The van der Waals surface area contributed by atoms with E-state index >= 15 is 0 Å². The van der Waals surface area contributed by atoms with Crippen LogP contribution in [0.3, 0.4) is 0 Å². The molecule has 1 heterocycles. The molecule has 196 valence electrons. The molecule has 0 radical (unpaired) electrons. The number of aromatic nitrogens is 2. The van der Waals surface area contributed by atoms with Crippen molar-refractivity contribution in [1.29, 1.82) is 0 Å². The molecule has 2 aromatic carbocycles. The maximum absolute atomic E-state index is 13.6. The number of ether oxygens (including phenoxy) is 2. The second-order valence-corrected chi connectivity index (χ2v) is 10.4. The number of anilines is 1. The van der Waals surface area contributed by atoms with E-state index < -0.39 is 12.1 Å². The molecule has 3 aromatic rings. The van der Waals surface area contributed by atoms with Gasteiger partial charge in [0.25, 0.3) is 5.56 Å². The molecule has 1 atom stereocenters. The zero-order chi connectivity index (χ0) is 26.5. The minimum atomic E-state index is -0.801. The van der Waals surface area contributed by atoms with Crippen LogP contribution in [0.1, 0.15) is 63.3 Å². The molecule has 1 aliphatic carbocycles. The predicted octanol–water partition coefficient (Wildman–Crippen LogP) is 5.49. The fourth-order valence-electron chi connectivity index (χ4n) is 4.53. The van der Waals surface area contributed by atoms with Crippen LogP contribution in [-0.2, 0) is 9.53 Å². The van der Waals surface area contributed by atoms with Crippen LogP contribution >= 0.6 is 15.9 Å². The Hall–Kier alpha value is -3.20. The zero-order valence-electron chi connectivity index (χ0n) is 21.7. The molecule has 0 N–H and O–H groups in total. The second-order valence-electron chi connectivity index (χ2n) is 9.46. The lowest BCUT2D eigenvalue weighted by Crippen LogP contribution is -2.27. The predicted molar refractivity (Wildman–Crippen MR) is 150 cm³/mol. The van der Waals surface area contributed by atoms with Gasteiger partial charge in [0, 0.05) is 41.8 Å². The first-order valence-electron chi connectivity index (χ1n) is 12.7. The SMILES string of the molecule is CCOC(=O)[C@@H](C)Oc1cc(N(C)C)ccc1C=Nn1c(C2CCCCC2)nc2ccc(Br)cc2c1=O. The molecule has 0 aliphatic heterocycles. The average molecular weight is 570 g/mol. The van der Waals surface area contributed by atoms with Gasteiger partial charge in [-0.05, 0) is 57.0 Å². The summed E-state index contributed by atoms with van der Waals surface area (Å²) in [4.78, 5) is 32.7. The van der Waals surface area contributed by atoms with Crippen molar-refractivity contribution in [2.24, 2.45) is 5.10 Å². The summed E-state index contributed by atoms with van der Waals surface area (Å²) in [6, 6.07) is 11.2. The largest absolute Gasteiger partial charge is 0.478 e. The summed E-state index contributed by atoms with van der Waals surface area (Å²) in [5.41, 5.74) is 2.00. The lowest BCUT2D eigenvalue weighted by molar-refractivity contribution is -0.150. The highest BCUT2D eigenvalue weighted by Gasteiger charge is 2.23. The lowest BCUT2D eigenvalue weighted by atomic mass is 9.88. The highest BCUT2D eigenvalue weighted by atomic mass is 79.9. The Kier molecular flexibility index (Phi) is 8.63. The molecule has 0 saturated heterocycles. The van der Waals surface area contributed by atoms with Gasteiger partial charge in [-0.3, -0.25) is 4.79 Å². The molecule has 1 fully saturated rings. The number of carbonyl (C=O) groups is 1. The van der Waals surface area contributed by atoms with Crippen molar-refractivity contribution in [2.75, 3.05) is 25.6 Å². The summed E-state index contributed by atoms with van der Waals surface area (Å²) in [7, 11) is 3.85. The van der Waals surface area contributed by atoms with E-state index in [1.165, 1.54) is 11.1 Å². The van der Waals surface area contributed by atoms with Gasteiger partial charge in [0.1, 0.15) is 11.6 Å². The number of carbonyl (C=O) groups excluding carboxylic acids is 1. The topological polar surface area (TPSA) is 86.0 Å². The van der Waals surface area contributed by atoms with Crippen molar-refractivity contribution in [1.82, 2.24) is 9.66 Å². The van der Waals surface area contributed by atoms with Crippen molar-refractivity contribution in [3.05, 3.63) is 62.6 Å². The van der Waals surface area contributed by atoms with Crippen LogP contribution in [-0.4, -0.2) is 48.7 Å². The average Bonchev–Trinajstić information content (AvgIpc) is 2.89. The molecule has 0 unspecified atom stereocenters. The number of halogens is 1. The van der Waals surface area contributed by atoms with Crippen LogP contribution < -0.4 is 15.2 Å². The molecule has 0 spiro atoms. The smallest absolute Gasteiger partial charge is 0.347 e. The van der Waals surface area contributed by atoms with Crippen LogP contribution in [0, 0.1) is 0 Å². The van der Waals surface area contributed by atoms with Gasteiger partial charge in [-0.25, -0.2) is 9.78 Å². The first kappa shape index (κ1) is 26.9. The number of rotatable bonds is 8. The normalized spacial score (nSPS) is 15.2. The second kappa shape index (κ2) is 11.9. The maximum Gasteiger partial charge on any atom is 0.347 e. The summed E-state index contributed by atoms with van der Waals surface area (Å²) in [6.45, 7) is 3.68. The number of benzene rings is 2. The van der Waals surface area contributed by atoms with E-state index in [1.807, 2.05) is 49.3 Å². The van der Waals surface area contributed by atoms with E-state index in [-0.39, 0.29) is 18.1 Å². The lowest BCUT2D eigenvalue weighted by Gasteiger charge is -2.23. The Morgan fingerprint density at radius 3 is 2.68 bits per heavy atom. The molecule has 37 heavy (non-hydrogen) atoms. The zero-order valence-corrected chi connectivity index (χ0v) is 23.3. The Morgan fingerprint density at radius 1 is 1.22 bits per heavy atom. The Morgan fingerprint density at radius 2 is 1.97 bits per heavy atom. The van der Waals surface area contributed by atoms with Gasteiger partial charge in [-0.1, -0.05) is 35.2 Å². The van der Waals surface area contributed by atoms with E-state index in [1.54, 1.807) is 26.1 Å². The summed E-state index contributed by atoms with van der Waals surface area (Å²) in [6.07, 6.45) is 6.18. The van der Waals surface area contributed by atoms with Crippen molar-refractivity contribution in [2.45, 2.75) is 58.0 Å². The van der Waals surface area contributed by atoms with Gasteiger partial charge < -0.3 is 14.4 Å². The van der Waals surface area contributed by atoms with Crippen molar-refractivity contribution >= 4 is 44.7 Å². The Labute approximate surface area is 225 Å². The van der Waals surface area contributed by atoms with Crippen LogP contribution in [0.2, 0.25) is 0 Å². The third-order valence-electron chi connectivity index (χ3n) is 6.55. The number of esters is 1. The number of hydrogen-bond donors (Lipinski definition) is 0. The molecular formula is C28H33BrN4O4. The van der Waals surface area contributed by atoms with Crippen molar-refractivity contribution in [3.8, 4) is 5.75 Å². The summed E-state index contributed by atoms with van der Waals surface area (Å²) in [5.74, 6) is 0.880. The summed E-state index contributed by atoms with van der Waals surface area (Å²) < 4.78 is 13.3. The van der Waals surface area contributed by atoms with E-state index in [4.69, 9.17) is 14.5 Å². The van der Waals surface area contributed by atoms with Crippen LogP contribution in [0.15, 0.2) is 50.8 Å². The summed E-state index contributed by atoms with van der Waals surface area (Å²) in [5, 5.41) is 5.15. The van der Waals surface area contributed by atoms with Gasteiger partial charge in [0.15, 0.2) is 6.10 Å². The van der Waals surface area contributed by atoms with Gasteiger partial charge in [0.2, 0.25) is 0 Å². The highest BCUT2D eigenvalue weighted by molar-refractivity contribution is 9.10. The van der Waals surface area contributed by atoms with Gasteiger partial charge in [-0.2, -0.15) is 9.78 Å². The van der Waals surface area contributed by atoms with Gasteiger partial charge in [-0.15, -0.1) is 0 Å². The molecular weight excluding hydrogens is 536 g/mol. The standard InChI is InChI=1S/C28H33BrN4O4/c1-5-36-28(35)18(2)37-25-16-22(32(3)4)13-11-20(25)17-30-33-26(19-9-7-6-8-10-19)31-24-14-12-21(29)15-23(24)27(33)34/h11-19H,5-10H2,1-4H3/t18-/m1/s1. The Balaban J connectivity index is 1.79. The number of nitrogens with zero attached hydrogens (tertiary/aromatic N) is 4. The van der Waals surface area contributed by atoms with Crippen molar-refractivity contribution in [3.63, 3.8) is 0 Å². The quantitative estimate of drug-likeness (QED) is 0.264. The monoisotopic (exact) mass is 568 g/mol. The van der Waals surface area contributed by atoms with E-state index in [0.29, 0.717) is 28.0 Å². The van der Waals surface area contributed by atoms with Crippen molar-refractivity contribution < 1.29 is 14.3 Å². The molecule has 0 bridgehead atoms. The molecule has 1 aliphatic rings. The van der Waals surface area contributed by atoms with E-state index in [0.717, 1.165) is 35.8 Å². The summed E-state index contributed by atoms with van der Waals surface area (Å²) >= 11 is 3.46. The molecule has 1 saturated carbocycles. The highest BCUT2D eigenvalue weighted by Crippen LogP contribution is 2.32. The molecule has 4 rings (SSSR count). The third-order valence-corrected chi connectivity index (χ3v) is 7.05. The Bertz CT molecular complexity index is 1360. The molecule has 1 aromatic heterocycles. The van der Waals surface area contributed by atoms with Crippen LogP contribution in [0.4, 0.5) is 5.69 Å². The first-order chi connectivity index (χ1) is 17.8. The van der Waals surface area contributed by atoms with Crippen LogP contribution in [0.25, 0.3) is 10.9 Å². The molecule has 9 heteroatoms. The minimum absolute atomic E-state index is 0.169. The fraction of sp³-hybridized carbons (Fsp3) is 0.429. The van der Waals surface area contributed by atoms with E-state index in [2.05, 4.69) is 21.0 Å². The minimum Gasteiger partial charge on any atom is -0.478 e.